The molecule has 3 rings (SSSR count). The molecule has 138 valence electrons. The van der Waals surface area contributed by atoms with Gasteiger partial charge in [-0.05, 0) is 38.8 Å². The number of amides is 1. The van der Waals surface area contributed by atoms with Crippen molar-refractivity contribution in [3.8, 4) is 0 Å². The third-order valence-electron chi connectivity index (χ3n) is 4.50. The van der Waals surface area contributed by atoms with Crippen LogP contribution in [0.3, 0.4) is 0 Å². The Hall–Kier alpha value is -2.33. The van der Waals surface area contributed by atoms with Crippen molar-refractivity contribution in [3.63, 3.8) is 0 Å². The van der Waals surface area contributed by atoms with Crippen LogP contribution in [0.2, 0.25) is 0 Å². The largest absolute Gasteiger partial charge is 0.444 e. The predicted octanol–water partition coefficient (Wildman–Crippen LogP) is 4.38. The summed E-state index contributed by atoms with van der Waals surface area (Å²) in [6.45, 7) is 9.26. The van der Waals surface area contributed by atoms with Gasteiger partial charge in [-0.25, -0.2) is 4.79 Å². The number of nitrogens with one attached hydrogen (secondary N) is 1. The number of hydrogen-bond donors (Lipinski definition) is 1. The summed E-state index contributed by atoms with van der Waals surface area (Å²) in [5, 5.41) is 3.03. The van der Waals surface area contributed by atoms with E-state index in [0.29, 0.717) is 0 Å². The Balaban J connectivity index is 1.72. The third-order valence-corrected chi connectivity index (χ3v) is 4.50. The minimum Gasteiger partial charge on any atom is -0.444 e. The first-order valence-corrected chi connectivity index (χ1v) is 9.11. The molecule has 1 aliphatic rings. The number of hydrogen-bond acceptors (Lipinski definition) is 3. The van der Waals surface area contributed by atoms with Crippen LogP contribution in [0.5, 0.6) is 0 Å². The molecule has 1 aliphatic heterocycles. The Bertz CT molecular complexity index is 692. The zero-order valence-corrected chi connectivity index (χ0v) is 16.0. The molecule has 0 bridgehead atoms. The number of ether oxygens (including phenoxy) is 1. The van der Waals surface area contributed by atoms with Gasteiger partial charge in [0.2, 0.25) is 0 Å². The lowest BCUT2D eigenvalue weighted by Gasteiger charge is -2.51. The first kappa shape index (κ1) is 18.5. The highest BCUT2D eigenvalue weighted by atomic mass is 16.6. The van der Waals surface area contributed by atoms with Gasteiger partial charge in [0.15, 0.2) is 0 Å². The highest BCUT2D eigenvalue weighted by molar-refractivity contribution is 5.69. The maximum absolute atomic E-state index is 12.1. The van der Waals surface area contributed by atoms with Crippen LogP contribution in [0, 0.1) is 0 Å². The molecule has 2 aromatic rings. The molecule has 2 aromatic carbocycles. The highest BCUT2D eigenvalue weighted by Gasteiger charge is 2.44. The van der Waals surface area contributed by atoms with Crippen molar-refractivity contribution in [3.05, 3.63) is 71.8 Å². The maximum Gasteiger partial charge on any atom is 0.408 e. The summed E-state index contributed by atoms with van der Waals surface area (Å²) >= 11 is 0. The molecule has 0 spiro atoms. The average molecular weight is 352 g/mol. The van der Waals surface area contributed by atoms with E-state index in [1.54, 1.807) is 0 Å². The van der Waals surface area contributed by atoms with Crippen molar-refractivity contribution in [1.82, 2.24) is 10.2 Å². The molecule has 0 aliphatic carbocycles. The van der Waals surface area contributed by atoms with Crippen molar-refractivity contribution < 1.29 is 9.53 Å². The molecule has 26 heavy (non-hydrogen) atoms. The van der Waals surface area contributed by atoms with Crippen molar-refractivity contribution in [2.45, 2.75) is 44.9 Å². The first-order valence-electron chi connectivity index (χ1n) is 9.11. The Morgan fingerprint density at radius 2 is 1.46 bits per heavy atom. The second-order valence-corrected chi connectivity index (χ2v) is 8.32. The molecule has 1 saturated heterocycles. The molecular weight excluding hydrogens is 324 g/mol. The summed E-state index contributed by atoms with van der Waals surface area (Å²) in [6.07, 6.45) is -0.351. The number of nitrogens with zero attached hydrogens (tertiary/aromatic N) is 1. The molecule has 1 N–H and O–H groups in total. The fraction of sp³-hybridized carbons (Fsp3) is 0.409. The fourth-order valence-corrected chi connectivity index (χ4v) is 3.55. The van der Waals surface area contributed by atoms with Gasteiger partial charge in [0.1, 0.15) is 5.60 Å². The molecular formula is C22H28N2O2. The Kier molecular flexibility index (Phi) is 5.05. The standard InChI is InChI=1S/C22H28N2O2/c1-21(2,3)26-20(25)23-22(4)15-24(16-22)19(17-11-7-5-8-12-17)18-13-9-6-10-14-18/h5-14,19H,15-16H2,1-4H3,(H,23,25). The molecule has 0 radical (unpaired) electrons. The van der Waals surface area contributed by atoms with Crippen LogP contribution >= 0.6 is 0 Å². The average Bonchev–Trinajstić information content (AvgIpc) is 2.54. The molecule has 1 heterocycles. The molecule has 0 unspecified atom stereocenters. The van der Waals surface area contributed by atoms with Crippen LogP contribution in [0.15, 0.2) is 60.7 Å². The Morgan fingerprint density at radius 1 is 1.00 bits per heavy atom. The first-order chi connectivity index (χ1) is 12.3. The number of carbonyl (C=O) groups excluding carboxylic acids is 1. The van der Waals surface area contributed by atoms with Gasteiger partial charge in [-0.15, -0.1) is 0 Å². The van der Waals surface area contributed by atoms with Crippen LogP contribution < -0.4 is 5.32 Å². The lowest BCUT2D eigenvalue weighted by Crippen LogP contribution is -2.69. The Morgan fingerprint density at radius 3 is 1.88 bits per heavy atom. The van der Waals surface area contributed by atoms with Gasteiger partial charge in [0.25, 0.3) is 0 Å². The van der Waals surface area contributed by atoms with E-state index in [0.717, 1.165) is 13.1 Å². The molecule has 0 aromatic heterocycles. The summed E-state index contributed by atoms with van der Waals surface area (Å²) in [7, 11) is 0. The second-order valence-electron chi connectivity index (χ2n) is 8.32. The lowest BCUT2D eigenvalue weighted by atomic mass is 9.86. The van der Waals surface area contributed by atoms with E-state index in [1.165, 1.54) is 11.1 Å². The lowest BCUT2D eigenvalue weighted by molar-refractivity contribution is 0.00617. The fourth-order valence-electron chi connectivity index (χ4n) is 3.55. The summed E-state index contributed by atoms with van der Waals surface area (Å²) in [4.78, 5) is 14.5. The van der Waals surface area contributed by atoms with E-state index in [1.807, 2.05) is 32.9 Å². The monoisotopic (exact) mass is 352 g/mol. The van der Waals surface area contributed by atoms with Crippen LogP contribution in [0.25, 0.3) is 0 Å². The van der Waals surface area contributed by atoms with Crippen LogP contribution in [-0.2, 0) is 4.74 Å². The minimum absolute atomic E-state index is 0.186. The van der Waals surface area contributed by atoms with Gasteiger partial charge < -0.3 is 10.1 Å². The van der Waals surface area contributed by atoms with E-state index in [9.17, 15) is 4.79 Å². The molecule has 1 fully saturated rings. The van der Waals surface area contributed by atoms with Crippen molar-refractivity contribution in [1.29, 1.82) is 0 Å². The van der Waals surface area contributed by atoms with E-state index in [2.05, 4.69) is 65.7 Å². The summed E-state index contributed by atoms with van der Waals surface area (Å²) < 4.78 is 5.41. The summed E-state index contributed by atoms with van der Waals surface area (Å²) in [6, 6.07) is 21.2. The number of alkyl carbamates (subject to hydrolysis) is 1. The minimum atomic E-state index is -0.486. The predicted molar refractivity (Wildman–Crippen MR) is 104 cm³/mol. The summed E-state index contributed by atoms with van der Waals surface area (Å²) in [5.74, 6) is 0. The van der Waals surface area contributed by atoms with Crippen LogP contribution in [-0.4, -0.2) is 35.2 Å². The zero-order chi connectivity index (χ0) is 18.8. The highest BCUT2D eigenvalue weighted by Crippen LogP contribution is 2.35. The maximum atomic E-state index is 12.1. The van der Waals surface area contributed by atoms with Gasteiger partial charge in [-0.2, -0.15) is 0 Å². The van der Waals surface area contributed by atoms with Crippen molar-refractivity contribution >= 4 is 6.09 Å². The molecule has 4 heteroatoms. The van der Waals surface area contributed by atoms with E-state index in [4.69, 9.17) is 4.74 Å². The van der Waals surface area contributed by atoms with Crippen molar-refractivity contribution in [2.75, 3.05) is 13.1 Å². The smallest absolute Gasteiger partial charge is 0.408 e. The van der Waals surface area contributed by atoms with E-state index < -0.39 is 5.60 Å². The number of carbonyl (C=O) groups is 1. The van der Waals surface area contributed by atoms with E-state index in [-0.39, 0.29) is 17.7 Å². The quantitative estimate of drug-likeness (QED) is 0.888. The number of rotatable bonds is 4. The molecule has 4 nitrogen and oxygen atoms in total. The van der Waals surface area contributed by atoms with Gasteiger partial charge >= 0.3 is 6.09 Å². The number of benzene rings is 2. The van der Waals surface area contributed by atoms with Crippen LogP contribution in [0.4, 0.5) is 4.79 Å². The number of likely N-dealkylation sites (tertiary alicyclic amines) is 1. The normalized spacial score (nSPS) is 16.8. The zero-order valence-electron chi connectivity index (χ0n) is 16.0. The van der Waals surface area contributed by atoms with Gasteiger partial charge in [-0.3, -0.25) is 4.90 Å². The molecule has 0 saturated carbocycles. The Labute approximate surface area is 156 Å². The van der Waals surface area contributed by atoms with E-state index >= 15 is 0 Å². The molecule has 1 amide bonds. The SMILES string of the molecule is CC1(NC(=O)OC(C)(C)C)CN(C(c2ccccc2)c2ccccc2)C1. The van der Waals surface area contributed by atoms with Gasteiger partial charge in [0.05, 0.1) is 11.6 Å². The third kappa shape index (κ3) is 4.44. The second kappa shape index (κ2) is 7.12. The summed E-state index contributed by atoms with van der Waals surface area (Å²) in [5.41, 5.74) is 1.76. The van der Waals surface area contributed by atoms with Gasteiger partial charge in [-0.1, -0.05) is 60.7 Å². The topological polar surface area (TPSA) is 41.6 Å². The molecule has 0 atom stereocenters. The van der Waals surface area contributed by atoms with Crippen LogP contribution in [0.1, 0.15) is 44.9 Å². The van der Waals surface area contributed by atoms with Crippen molar-refractivity contribution in [2.24, 2.45) is 0 Å². The van der Waals surface area contributed by atoms with Gasteiger partial charge in [0, 0.05) is 13.1 Å².